The van der Waals surface area contributed by atoms with Gasteiger partial charge in [0.1, 0.15) is 11.9 Å². The highest BCUT2D eigenvalue weighted by atomic mass is 16.6. The first-order valence-electron chi connectivity index (χ1n) is 6.39. The van der Waals surface area contributed by atoms with Gasteiger partial charge >= 0.3 is 7.05 Å². The molecular weight excluding hydrogens is 247 g/mol. The summed E-state index contributed by atoms with van der Waals surface area (Å²) in [7, 11) is -0.416. The zero-order chi connectivity index (χ0) is 13.8. The Balaban J connectivity index is 1.87. The van der Waals surface area contributed by atoms with E-state index in [-0.39, 0.29) is 11.8 Å². The molecule has 1 heterocycles. The van der Waals surface area contributed by atoms with Crippen LogP contribution in [0.3, 0.4) is 0 Å². The number of hydrogen-bond donors (Lipinski definition) is 1. The fourth-order valence-electron chi connectivity index (χ4n) is 2.21. The molecule has 19 heavy (non-hydrogen) atoms. The fraction of sp³-hybridized carbons (Fsp3) is 0.500. The van der Waals surface area contributed by atoms with E-state index in [1.54, 1.807) is 19.0 Å². The van der Waals surface area contributed by atoms with E-state index in [1.807, 2.05) is 4.81 Å². The third-order valence-corrected chi connectivity index (χ3v) is 3.36. The summed E-state index contributed by atoms with van der Waals surface area (Å²) in [5.74, 6) is 0.654. The summed E-state index contributed by atoms with van der Waals surface area (Å²) in [6, 6.07) is 6.14. The molecule has 0 radical (unpaired) electrons. The number of rotatable bonds is 4. The van der Waals surface area contributed by atoms with Gasteiger partial charge in [-0.3, -0.25) is 10.1 Å². The summed E-state index contributed by atoms with van der Waals surface area (Å²) in [4.78, 5) is 12.1. The third-order valence-electron chi connectivity index (χ3n) is 3.36. The van der Waals surface area contributed by atoms with Gasteiger partial charge in [-0.2, -0.15) is 0 Å². The van der Waals surface area contributed by atoms with Crippen molar-refractivity contribution in [2.75, 3.05) is 13.1 Å². The molecule has 0 bridgehead atoms. The maximum atomic E-state index is 10.5. The predicted molar refractivity (Wildman–Crippen MR) is 72.2 cm³/mol. The van der Waals surface area contributed by atoms with Crippen LogP contribution in [0.1, 0.15) is 12.8 Å². The van der Waals surface area contributed by atoms with Crippen molar-refractivity contribution in [3.8, 4) is 5.75 Å². The van der Waals surface area contributed by atoms with Crippen molar-refractivity contribution < 1.29 is 14.7 Å². The molecule has 1 saturated heterocycles. The number of nitrogens with zero attached hydrogens (tertiary/aromatic N) is 2. The number of benzene rings is 1. The lowest BCUT2D eigenvalue weighted by Crippen LogP contribution is -2.45. The lowest BCUT2D eigenvalue weighted by Gasteiger charge is -2.32. The molecule has 0 aliphatic carbocycles. The van der Waals surface area contributed by atoms with Crippen LogP contribution in [-0.2, 0) is 0 Å². The average Bonchev–Trinajstić information content (AvgIpc) is 2.40. The van der Waals surface area contributed by atoms with Gasteiger partial charge in [0.05, 0.1) is 4.92 Å². The molecule has 0 saturated carbocycles. The molecule has 7 heteroatoms. The fourth-order valence-corrected chi connectivity index (χ4v) is 2.21. The third kappa shape index (κ3) is 3.68. The first-order valence-corrected chi connectivity index (χ1v) is 6.39. The first-order chi connectivity index (χ1) is 9.06. The lowest BCUT2D eigenvalue weighted by molar-refractivity contribution is -0.384. The molecule has 1 aliphatic rings. The van der Waals surface area contributed by atoms with Gasteiger partial charge in [-0.15, -0.1) is 0 Å². The Hall–Kier alpha value is -1.60. The summed E-state index contributed by atoms with van der Waals surface area (Å²) in [5.41, 5.74) is 0.0660. The predicted octanol–water partition coefficient (Wildman–Crippen LogP) is 1.55. The van der Waals surface area contributed by atoms with Crippen LogP contribution in [0, 0.1) is 10.1 Å². The Labute approximate surface area is 112 Å². The van der Waals surface area contributed by atoms with Crippen LogP contribution in [0.5, 0.6) is 5.75 Å². The molecule has 0 amide bonds. The molecule has 1 aromatic rings. The molecule has 1 N–H and O–H groups in total. The van der Waals surface area contributed by atoms with Crippen molar-refractivity contribution in [2.24, 2.45) is 0 Å². The van der Waals surface area contributed by atoms with E-state index in [2.05, 4.69) is 0 Å². The molecule has 0 unspecified atom stereocenters. The Kier molecular flexibility index (Phi) is 4.39. The Morgan fingerprint density at radius 2 is 1.95 bits per heavy atom. The molecule has 102 valence electrons. The normalized spacial score (nSPS) is 17.2. The van der Waals surface area contributed by atoms with Gasteiger partial charge in [0.15, 0.2) is 0 Å². The highest BCUT2D eigenvalue weighted by Crippen LogP contribution is 2.22. The van der Waals surface area contributed by atoms with Gasteiger partial charge in [0.25, 0.3) is 5.69 Å². The van der Waals surface area contributed by atoms with Crippen LogP contribution in [0.25, 0.3) is 0 Å². The molecule has 0 aromatic heterocycles. The first kappa shape index (κ1) is 13.8. The van der Waals surface area contributed by atoms with Crippen LogP contribution in [0.2, 0.25) is 6.82 Å². The van der Waals surface area contributed by atoms with Gasteiger partial charge < -0.3 is 14.6 Å². The van der Waals surface area contributed by atoms with E-state index in [1.165, 1.54) is 12.1 Å². The topological polar surface area (TPSA) is 75.8 Å². The molecule has 0 spiro atoms. The molecule has 1 aliphatic heterocycles. The number of non-ortho nitro benzene ring substituents is 1. The van der Waals surface area contributed by atoms with Crippen LogP contribution in [0.15, 0.2) is 24.3 Å². The van der Waals surface area contributed by atoms with Crippen LogP contribution < -0.4 is 4.74 Å². The van der Waals surface area contributed by atoms with E-state index in [9.17, 15) is 15.1 Å². The standard InChI is InChI=1S/C12H17BN2O4/c1-13(16)14-8-6-12(7-9-14)19-11-4-2-10(3-5-11)15(17)18/h2-5,12,16H,6-9H2,1H3. The quantitative estimate of drug-likeness (QED) is 0.507. The number of nitro groups is 1. The number of hydrogen-bond acceptors (Lipinski definition) is 5. The van der Waals surface area contributed by atoms with E-state index >= 15 is 0 Å². The maximum absolute atomic E-state index is 10.5. The van der Waals surface area contributed by atoms with E-state index in [0.29, 0.717) is 5.75 Å². The van der Waals surface area contributed by atoms with Crippen LogP contribution in [-0.4, -0.2) is 41.0 Å². The second-order valence-electron chi connectivity index (χ2n) is 4.74. The number of nitro benzene ring substituents is 1. The van der Waals surface area contributed by atoms with E-state index < -0.39 is 12.0 Å². The van der Waals surface area contributed by atoms with Crippen molar-refractivity contribution in [2.45, 2.75) is 25.8 Å². The second kappa shape index (κ2) is 6.03. The maximum Gasteiger partial charge on any atom is 0.376 e. The molecule has 6 nitrogen and oxygen atoms in total. The highest BCUT2D eigenvalue weighted by Gasteiger charge is 2.24. The zero-order valence-electron chi connectivity index (χ0n) is 10.9. The van der Waals surface area contributed by atoms with Crippen molar-refractivity contribution in [1.82, 2.24) is 4.81 Å². The Morgan fingerprint density at radius 1 is 1.37 bits per heavy atom. The van der Waals surface area contributed by atoms with Crippen molar-refractivity contribution in [3.05, 3.63) is 34.4 Å². The zero-order valence-corrected chi connectivity index (χ0v) is 10.9. The van der Waals surface area contributed by atoms with E-state index in [0.717, 1.165) is 25.9 Å². The summed E-state index contributed by atoms with van der Waals surface area (Å²) in [6.45, 7) is 3.36. The lowest BCUT2D eigenvalue weighted by atomic mass is 9.82. The van der Waals surface area contributed by atoms with Gasteiger partial charge in [0, 0.05) is 12.1 Å². The summed E-state index contributed by atoms with van der Waals surface area (Å²) in [5, 5.41) is 20.0. The molecule has 0 atom stereocenters. The Bertz CT molecular complexity index is 430. The van der Waals surface area contributed by atoms with Gasteiger partial charge in [-0.25, -0.2) is 0 Å². The average molecular weight is 264 g/mol. The smallest absolute Gasteiger partial charge is 0.376 e. The molecular formula is C12H17BN2O4. The molecule has 1 aromatic carbocycles. The van der Waals surface area contributed by atoms with Gasteiger partial charge in [0.2, 0.25) is 0 Å². The summed E-state index contributed by atoms with van der Waals surface area (Å²) in [6.07, 6.45) is 1.81. The SMILES string of the molecule is CB(O)N1CCC(Oc2ccc([N+](=O)[O-])cc2)CC1. The van der Waals surface area contributed by atoms with Crippen molar-refractivity contribution in [3.63, 3.8) is 0 Å². The number of ether oxygens (including phenoxy) is 1. The minimum absolute atomic E-state index is 0.0660. The van der Waals surface area contributed by atoms with Crippen LogP contribution >= 0.6 is 0 Å². The van der Waals surface area contributed by atoms with Crippen molar-refractivity contribution >= 4 is 12.7 Å². The monoisotopic (exact) mass is 264 g/mol. The van der Waals surface area contributed by atoms with Gasteiger partial charge in [-0.05, 0) is 44.9 Å². The second-order valence-corrected chi connectivity index (χ2v) is 4.74. The largest absolute Gasteiger partial charge is 0.490 e. The molecule has 1 fully saturated rings. The van der Waals surface area contributed by atoms with Gasteiger partial charge in [-0.1, -0.05) is 0 Å². The Morgan fingerprint density at radius 3 is 2.42 bits per heavy atom. The number of piperidine rings is 1. The minimum atomic E-state index is -0.426. The molecule has 2 rings (SSSR count). The van der Waals surface area contributed by atoms with Crippen molar-refractivity contribution in [1.29, 1.82) is 0 Å². The van der Waals surface area contributed by atoms with Crippen LogP contribution in [0.4, 0.5) is 5.69 Å². The minimum Gasteiger partial charge on any atom is -0.490 e. The highest BCUT2D eigenvalue weighted by molar-refractivity contribution is 6.45. The van der Waals surface area contributed by atoms with E-state index in [4.69, 9.17) is 4.74 Å². The summed E-state index contributed by atoms with van der Waals surface area (Å²) >= 11 is 0. The summed E-state index contributed by atoms with van der Waals surface area (Å²) < 4.78 is 5.79.